The van der Waals surface area contributed by atoms with Gasteiger partial charge < -0.3 is 20.5 Å². The molecule has 0 aliphatic carbocycles. The van der Waals surface area contributed by atoms with Gasteiger partial charge in [-0.05, 0) is 18.6 Å². The van der Waals surface area contributed by atoms with E-state index in [9.17, 15) is 4.79 Å². The molecular formula is C15H24N2O3. The number of rotatable bonds is 10. The molecule has 1 aromatic carbocycles. The largest absolute Gasteiger partial charge is 0.397 e. The molecule has 0 fully saturated rings. The second-order valence-corrected chi connectivity index (χ2v) is 4.46. The van der Waals surface area contributed by atoms with Crippen molar-refractivity contribution in [2.24, 2.45) is 0 Å². The lowest BCUT2D eigenvalue weighted by Crippen LogP contribution is -2.16. The fourth-order valence-electron chi connectivity index (χ4n) is 1.56. The predicted octanol–water partition coefficient (Wildman–Crippen LogP) is 2.43. The van der Waals surface area contributed by atoms with E-state index in [4.69, 9.17) is 15.2 Å². The number of benzene rings is 1. The topological polar surface area (TPSA) is 73.6 Å². The highest BCUT2D eigenvalue weighted by Crippen LogP contribution is 2.16. The van der Waals surface area contributed by atoms with E-state index in [1.165, 1.54) is 0 Å². The van der Waals surface area contributed by atoms with Gasteiger partial charge >= 0.3 is 0 Å². The summed E-state index contributed by atoms with van der Waals surface area (Å²) in [6, 6.07) is 7.18. The Morgan fingerprint density at radius 2 is 1.85 bits per heavy atom. The number of hydrogen-bond acceptors (Lipinski definition) is 4. The molecule has 0 atom stereocenters. The number of amides is 1. The van der Waals surface area contributed by atoms with E-state index in [1.54, 1.807) is 12.1 Å². The Balaban J connectivity index is 2.05. The average Bonchev–Trinajstić information content (AvgIpc) is 2.44. The summed E-state index contributed by atoms with van der Waals surface area (Å²) in [6.45, 7) is 4.37. The van der Waals surface area contributed by atoms with Gasteiger partial charge in [0.15, 0.2) is 0 Å². The molecule has 1 amide bonds. The molecule has 0 saturated heterocycles. The molecular weight excluding hydrogens is 256 g/mol. The zero-order chi connectivity index (χ0) is 14.6. The van der Waals surface area contributed by atoms with Gasteiger partial charge in [0.2, 0.25) is 5.91 Å². The van der Waals surface area contributed by atoms with Crippen molar-refractivity contribution in [2.75, 3.05) is 37.5 Å². The number of hydrogen-bond donors (Lipinski definition) is 2. The fourth-order valence-corrected chi connectivity index (χ4v) is 1.56. The third-order valence-corrected chi connectivity index (χ3v) is 2.72. The SMILES string of the molecule is CCCCOCCOCCC(=O)Nc1ccccc1N. The minimum atomic E-state index is -0.102. The molecule has 0 aromatic heterocycles. The monoisotopic (exact) mass is 280 g/mol. The van der Waals surface area contributed by atoms with Crippen LogP contribution in [0.5, 0.6) is 0 Å². The summed E-state index contributed by atoms with van der Waals surface area (Å²) in [6.07, 6.45) is 2.51. The first-order valence-corrected chi connectivity index (χ1v) is 7.04. The minimum Gasteiger partial charge on any atom is -0.397 e. The van der Waals surface area contributed by atoms with Crippen molar-refractivity contribution in [3.8, 4) is 0 Å². The van der Waals surface area contributed by atoms with Gasteiger partial charge in [-0.1, -0.05) is 25.5 Å². The molecule has 1 rings (SSSR count). The first kappa shape index (κ1) is 16.5. The Kier molecular flexibility index (Phi) is 8.42. The van der Waals surface area contributed by atoms with Gasteiger partial charge in [-0.15, -0.1) is 0 Å². The second-order valence-electron chi connectivity index (χ2n) is 4.46. The Bertz CT molecular complexity index is 396. The zero-order valence-electron chi connectivity index (χ0n) is 12.1. The van der Waals surface area contributed by atoms with Crippen LogP contribution in [0.15, 0.2) is 24.3 Å². The Morgan fingerprint density at radius 1 is 1.15 bits per heavy atom. The van der Waals surface area contributed by atoms with Crippen LogP contribution >= 0.6 is 0 Å². The van der Waals surface area contributed by atoms with Crippen molar-refractivity contribution in [1.29, 1.82) is 0 Å². The average molecular weight is 280 g/mol. The van der Waals surface area contributed by atoms with Gasteiger partial charge in [0.1, 0.15) is 0 Å². The molecule has 0 aliphatic rings. The number of nitrogen functional groups attached to an aromatic ring is 1. The van der Waals surface area contributed by atoms with Gasteiger partial charge in [-0.3, -0.25) is 4.79 Å². The molecule has 1 aromatic rings. The van der Waals surface area contributed by atoms with E-state index in [0.717, 1.165) is 19.4 Å². The summed E-state index contributed by atoms with van der Waals surface area (Å²) in [4.78, 5) is 11.7. The highest BCUT2D eigenvalue weighted by molar-refractivity contribution is 5.93. The Hall–Kier alpha value is -1.59. The number of nitrogens with two attached hydrogens (primary N) is 1. The molecule has 0 radical (unpaired) electrons. The molecule has 5 heteroatoms. The zero-order valence-corrected chi connectivity index (χ0v) is 12.1. The summed E-state index contributed by atoms with van der Waals surface area (Å²) in [5, 5.41) is 2.75. The molecule has 112 valence electrons. The number of anilines is 2. The molecule has 3 N–H and O–H groups in total. The Labute approximate surface area is 120 Å². The van der Waals surface area contributed by atoms with E-state index in [2.05, 4.69) is 12.2 Å². The third kappa shape index (κ3) is 7.11. The van der Waals surface area contributed by atoms with Gasteiger partial charge in [0.25, 0.3) is 0 Å². The fraction of sp³-hybridized carbons (Fsp3) is 0.533. The molecule has 5 nitrogen and oxygen atoms in total. The molecule has 0 bridgehead atoms. The number of carbonyl (C=O) groups is 1. The smallest absolute Gasteiger partial charge is 0.226 e. The summed E-state index contributed by atoms with van der Waals surface area (Å²) in [5.74, 6) is -0.102. The number of carbonyl (C=O) groups excluding carboxylic acids is 1. The molecule has 0 spiro atoms. The van der Waals surface area contributed by atoms with Crippen LogP contribution in [0, 0.1) is 0 Å². The van der Waals surface area contributed by atoms with Gasteiger partial charge in [-0.25, -0.2) is 0 Å². The van der Waals surface area contributed by atoms with Crippen LogP contribution in [0.25, 0.3) is 0 Å². The molecule has 0 unspecified atom stereocenters. The maximum Gasteiger partial charge on any atom is 0.226 e. The third-order valence-electron chi connectivity index (χ3n) is 2.72. The standard InChI is InChI=1S/C15H24N2O3/c1-2-3-9-19-11-12-20-10-8-15(18)17-14-7-5-4-6-13(14)16/h4-7H,2-3,8-12,16H2,1H3,(H,17,18). The van der Waals surface area contributed by atoms with Gasteiger partial charge in [-0.2, -0.15) is 0 Å². The van der Waals surface area contributed by atoms with Crippen LogP contribution in [0.1, 0.15) is 26.2 Å². The number of para-hydroxylation sites is 2. The number of nitrogens with one attached hydrogen (secondary N) is 1. The van der Waals surface area contributed by atoms with Crippen molar-refractivity contribution in [1.82, 2.24) is 0 Å². The normalized spacial score (nSPS) is 10.4. The maximum absolute atomic E-state index is 11.7. The van der Waals surface area contributed by atoms with Crippen molar-refractivity contribution in [3.05, 3.63) is 24.3 Å². The van der Waals surface area contributed by atoms with E-state index >= 15 is 0 Å². The van der Waals surface area contributed by atoms with E-state index < -0.39 is 0 Å². The summed E-state index contributed by atoms with van der Waals surface area (Å²) in [7, 11) is 0. The maximum atomic E-state index is 11.7. The summed E-state index contributed by atoms with van der Waals surface area (Å²) < 4.78 is 10.7. The van der Waals surface area contributed by atoms with E-state index in [0.29, 0.717) is 37.6 Å². The lowest BCUT2D eigenvalue weighted by Gasteiger charge is -2.08. The second kappa shape index (κ2) is 10.2. The molecule has 0 saturated carbocycles. The highest BCUT2D eigenvalue weighted by Gasteiger charge is 2.04. The van der Waals surface area contributed by atoms with Gasteiger partial charge in [0.05, 0.1) is 37.6 Å². The summed E-state index contributed by atoms with van der Waals surface area (Å²) >= 11 is 0. The lowest BCUT2D eigenvalue weighted by atomic mass is 10.2. The van der Waals surface area contributed by atoms with Crippen LogP contribution in [0.2, 0.25) is 0 Å². The highest BCUT2D eigenvalue weighted by atomic mass is 16.5. The number of unbranched alkanes of at least 4 members (excludes halogenated alkanes) is 1. The van der Waals surface area contributed by atoms with Crippen LogP contribution in [0.3, 0.4) is 0 Å². The van der Waals surface area contributed by atoms with Crippen LogP contribution in [-0.4, -0.2) is 32.3 Å². The van der Waals surface area contributed by atoms with E-state index in [1.807, 2.05) is 12.1 Å². The van der Waals surface area contributed by atoms with Crippen LogP contribution < -0.4 is 11.1 Å². The molecule has 0 heterocycles. The van der Waals surface area contributed by atoms with Gasteiger partial charge in [0, 0.05) is 6.61 Å². The number of ether oxygens (including phenoxy) is 2. The summed E-state index contributed by atoms with van der Waals surface area (Å²) in [5.41, 5.74) is 6.94. The predicted molar refractivity (Wildman–Crippen MR) is 80.6 cm³/mol. The Morgan fingerprint density at radius 3 is 2.55 bits per heavy atom. The lowest BCUT2D eigenvalue weighted by molar-refractivity contribution is -0.117. The minimum absolute atomic E-state index is 0.102. The van der Waals surface area contributed by atoms with Crippen molar-refractivity contribution in [3.63, 3.8) is 0 Å². The van der Waals surface area contributed by atoms with Crippen molar-refractivity contribution >= 4 is 17.3 Å². The van der Waals surface area contributed by atoms with Crippen molar-refractivity contribution in [2.45, 2.75) is 26.2 Å². The molecule has 0 aliphatic heterocycles. The molecule has 20 heavy (non-hydrogen) atoms. The van der Waals surface area contributed by atoms with Crippen LogP contribution in [0.4, 0.5) is 11.4 Å². The van der Waals surface area contributed by atoms with Crippen molar-refractivity contribution < 1.29 is 14.3 Å². The first-order chi connectivity index (χ1) is 9.74. The van der Waals surface area contributed by atoms with E-state index in [-0.39, 0.29) is 5.91 Å². The quantitative estimate of drug-likeness (QED) is 0.510. The first-order valence-electron chi connectivity index (χ1n) is 7.04. The van der Waals surface area contributed by atoms with Crippen LogP contribution in [-0.2, 0) is 14.3 Å².